The smallest absolute Gasteiger partial charge is 0.326 e. The molecule has 0 radical (unpaired) electrons. The molecule has 3 heterocycles. The highest BCUT2D eigenvalue weighted by atomic mass is 16.4. The fourth-order valence-electron chi connectivity index (χ4n) is 7.75. The second-order valence-electron chi connectivity index (χ2n) is 16.9. The molecule has 0 spiro atoms. The van der Waals surface area contributed by atoms with E-state index >= 15 is 0 Å². The monoisotopic (exact) mass is 977 g/mol. The summed E-state index contributed by atoms with van der Waals surface area (Å²) in [6.45, 7) is 0.962. The zero-order valence-electron chi connectivity index (χ0n) is 39.1. The number of nitrogens with two attached hydrogens (primary N) is 6. The van der Waals surface area contributed by atoms with Gasteiger partial charge in [0.05, 0.1) is 18.7 Å². The third-order valence-corrected chi connectivity index (χ3v) is 11.4. The lowest BCUT2D eigenvalue weighted by Crippen LogP contribution is -2.60. The van der Waals surface area contributed by atoms with E-state index in [-0.39, 0.29) is 76.5 Å². The minimum absolute atomic E-state index is 0.0160. The number of aliphatic imine (C=N–C) groups is 2. The van der Waals surface area contributed by atoms with Crippen LogP contribution in [0.4, 0.5) is 0 Å². The molecule has 6 amide bonds. The van der Waals surface area contributed by atoms with Gasteiger partial charge in [0.25, 0.3) is 0 Å². The summed E-state index contributed by atoms with van der Waals surface area (Å²) in [5.41, 5.74) is 35.1. The summed E-state index contributed by atoms with van der Waals surface area (Å²) in [7, 11) is 0. The highest BCUT2D eigenvalue weighted by Crippen LogP contribution is 2.20. The number of amides is 6. The summed E-state index contributed by atoms with van der Waals surface area (Å²) < 4.78 is 0. The molecule has 382 valence electrons. The van der Waals surface area contributed by atoms with Gasteiger partial charge in [0, 0.05) is 62.7 Å². The van der Waals surface area contributed by atoms with Crippen LogP contribution in [0.25, 0.3) is 0 Å². The second kappa shape index (κ2) is 28.7. The molecule has 0 unspecified atom stereocenters. The number of hydrogen-bond donors (Lipinski definition) is 14. The van der Waals surface area contributed by atoms with Crippen molar-refractivity contribution in [2.45, 2.75) is 119 Å². The number of aromatic amines is 2. The van der Waals surface area contributed by atoms with Gasteiger partial charge in [-0.1, -0.05) is 30.3 Å². The number of carboxylic acids is 1. The lowest BCUT2D eigenvalue weighted by Gasteiger charge is -2.29. The Balaban J connectivity index is 1.57. The molecule has 0 saturated carbocycles. The number of carbonyl (C=O) groups excluding carboxylic acids is 6. The molecule has 1 aliphatic rings. The molecule has 26 heteroatoms. The van der Waals surface area contributed by atoms with Crippen molar-refractivity contribution < 1.29 is 38.7 Å². The molecule has 20 N–H and O–H groups in total. The third kappa shape index (κ3) is 18.5. The van der Waals surface area contributed by atoms with Crippen molar-refractivity contribution in [3.63, 3.8) is 0 Å². The molecule has 1 aromatic carbocycles. The van der Waals surface area contributed by atoms with E-state index in [0.29, 0.717) is 55.6 Å². The Bertz CT molecular complexity index is 2200. The van der Waals surface area contributed by atoms with E-state index in [1.54, 1.807) is 30.3 Å². The molecule has 0 aliphatic carbocycles. The average molecular weight is 977 g/mol. The lowest BCUT2D eigenvalue weighted by molar-refractivity contribution is -0.142. The first kappa shape index (κ1) is 55.0. The predicted octanol–water partition coefficient (Wildman–Crippen LogP) is -3.78. The molecule has 4 rings (SSSR count). The van der Waals surface area contributed by atoms with Crippen LogP contribution >= 0.6 is 0 Å². The van der Waals surface area contributed by atoms with E-state index in [1.807, 2.05) is 0 Å². The maximum absolute atomic E-state index is 14.5. The minimum Gasteiger partial charge on any atom is -0.480 e. The first-order valence-corrected chi connectivity index (χ1v) is 23.2. The van der Waals surface area contributed by atoms with E-state index in [9.17, 15) is 38.7 Å². The number of likely N-dealkylation sites (tertiary alicyclic amines) is 1. The van der Waals surface area contributed by atoms with Gasteiger partial charge in [-0.2, -0.15) is 0 Å². The highest BCUT2D eigenvalue weighted by molar-refractivity contribution is 5.97. The van der Waals surface area contributed by atoms with Gasteiger partial charge in [-0.3, -0.25) is 38.8 Å². The number of carbonyl (C=O) groups is 7. The fourth-order valence-corrected chi connectivity index (χ4v) is 7.75. The van der Waals surface area contributed by atoms with Gasteiger partial charge in [0.15, 0.2) is 11.9 Å². The number of imidazole rings is 2. The van der Waals surface area contributed by atoms with Crippen molar-refractivity contribution in [1.82, 2.24) is 51.4 Å². The van der Waals surface area contributed by atoms with E-state index in [2.05, 4.69) is 56.5 Å². The number of rotatable bonds is 30. The molecular formula is C44H68N18O8. The zero-order valence-corrected chi connectivity index (χ0v) is 39.1. The van der Waals surface area contributed by atoms with Crippen LogP contribution in [-0.4, -0.2) is 152 Å². The van der Waals surface area contributed by atoms with Crippen LogP contribution in [0, 0.1) is 0 Å². The Morgan fingerprint density at radius 2 is 1.17 bits per heavy atom. The van der Waals surface area contributed by atoms with Gasteiger partial charge < -0.3 is 81.0 Å². The van der Waals surface area contributed by atoms with Crippen molar-refractivity contribution >= 4 is 53.3 Å². The Kier molecular flexibility index (Phi) is 22.5. The fraction of sp³-hybridized carbons (Fsp3) is 0.523. The lowest BCUT2D eigenvalue weighted by atomic mass is 10.0. The predicted molar refractivity (Wildman–Crippen MR) is 257 cm³/mol. The maximum Gasteiger partial charge on any atom is 0.326 e. The molecule has 7 atom stereocenters. The normalized spacial score (nSPS) is 15.7. The Morgan fingerprint density at radius 3 is 1.70 bits per heavy atom. The first-order valence-electron chi connectivity index (χ1n) is 23.2. The van der Waals surface area contributed by atoms with Crippen molar-refractivity contribution in [2.75, 3.05) is 26.2 Å². The number of carboxylic acid groups (broad SMARTS) is 1. The summed E-state index contributed by atoms with van der Waals surface area (Å²) >= 11 is 0. The van der Waals surface area contributed by atoms with Crippen LogP contribution in [0.3, 0.4) is 0 Å². The number of unbranched alkanes of at least 4 members (excludes halogenated alkanes) is 1. The molecular weight excluding hydrogens is 909 g/mol. The third-order valence-electron chi connectivity index (χ3n) is 11.4. The molecule has 0 bridgehead atoms. The largest absolute Gasteiger partial charge is 0.480 e. The van der Waals surface area contributed by atoms with Gasteiger partial charge in [0.2, 0.25) is 35.4 Å². The Labute approximate surface area is 404 Å². The van der Waals surface area contributed by atoms with Crippen LogP contribution in [-0.2, 0) is 52.8 Å². The molecule has 1 saturated heterocycles. The maximum atomic E-state index is 14.5. The number of nitrogens with zero attached hydrogens (tertiary/aromatic N) is 5. The summed E-state index contributed by atoms with van der Waals surface area (Å²) in [5, 5.41) is 23.4. The minimum atomic E-state index is -1.37. The second-order valence-corrected chi connectivity index (χ2v) is 16.9. The number of nitrogens with one attached hydrogen (secondary N) is 7. The number of H-pyrrole nitrogens is 2. The number of aliphatic carboxylic acids is 1. The number of guanidine groups is 2. The topological polar surface area (TPSA) is 441 Å². The van der Waals surface area contributed by atoms with Crippen LogP contribution in [0.1, 0.15) is 74.7 Å². The first-order chi connectivity index (χ1) is 33.6. The highest BCUT2D eigenvalue weighted by Gasteiger charge is 2.39. The van der Waals surface area contributed by atoms with Crippen LogP contribution in [0.2, 0.25) is 0 Å². The SMILES string of the molecule is NCCCC[C@H](NC(=O)[C@H](Cc1cnc[nH]1)NC(=O)[C@H](Cc1ccccc1)NC(=O)[C@H](Cc1cnc[nH]1)NC(=O)[C@@H]1CCCN1C(=O)[C@@H](N)CCCN=C(N)N)C(=O)N[C@@H](CCCN=C(N)N)C(=O)O. The van der Waals surface area contributed by atoms with Gasteiger partial charge in [0.1, 0.15) is 36.3 Å². The van der Waals surface area contributed by atoms with E-state index in [4.69, 9.17) is 34.4 Å². The standard InChI is InChI=1S/C44H68N18O8/c45-15-5-4-12-30(36(63)58-31(42(69)70)13-7-17-54-44(49)50)57-38(65)33(20-27-22-51-24-55-27)60-37(64)32(19-26-9-2-1-3-10-26)59-39(66)34(21-28-23-52-25-56-28)61-40(67)35-14-8-18-62(35)41(68)29(46)11-6-16-53-43(47)48/h1-3,9-10,22-25,29-35H,4-8,11-21,45-46H2,(H,51,55)(H,52,56)(H,57,65)(H,58,63)(H,59,66)(H,60,64)(H,61,67)(H,69,70)(H4,47,48,53)(H4,49,50,54)/t29-,30-,31-,32-,33-,34-,35-/m0/s1. The summed E-state index contributed by atoms with van der Waals surface area (Å²) in [6.07, 6.45) is 8.13. The molecule has 2 aromatic heterocycles. The summed E-state index contributed by atoms with van der Waals surface area (Å²) in [4.78, 5) is 120. The van der Waals surface area contributed by atoms with Crippen LogP contribution in [0.5, 0.6) is 0 Å². The van der Waals surface area contributed by atoms with Crippen molar-refractivity contribution in [3.8, 4) is 0 Å². The Hall–Kier alpha value is -7.61. The van der Waals surface area contributed by atoms with Crippen molar-refractivity contribution in [1.29, 1.82) is 0 Å². The van der Waals surface area contributed by atoms with Gasteiger partial charge >= 0.3 is 5.97 Å². The van der Waals surface area contributed by atoms with Crippen molar-refractivity contribution in [2.24, 2.45) is 44.4 Å². The van der Waals surface area contributed by atoms with Gasteiger partial charge in [-0.05, 0) is 69.9 Å². The Morgan fingerprint density at radius 1 is 0.671 bits per heavy atom. The van der Waals surface area contributed by atoms with E-state index in [1.165, 1.54) is 29.9 Å². The van der Waals surface area contributed by atoms with Gasteiger partial charge in [-0.25, -0.2) is 14.8 Å². The number of benzene rings is 1. The number of aromatic nitrogens is 4. The molecule has 26 nitrogen and oxygen atoms in total. The zero-order chi connectivity index (χ0) is 51.0. The van der Waals surface area contributed by atoms with Crippen LogP contribution < -0.4 is 61.0 Å². The molecule has 70 heavy (non-hydrogen) atoms. The summed E-state index contributed by atoms with van der Waals surface area (Å²) in [5.74, 6) is -5.73. The number of hydrogen-bond acceptors (Lipinski definition) is 13. The van der Waals surface area contributed by atoms with Crippen molar-refractivity contribution in [3.05, 3.63) is 72.3 Å². The molecule has 1 aliphatic heterocycles. The average Bonchev–Trinajstić information content (AvgIpc) is 4.15. The van der Waals surface area contributed by atoms with E-state index < -0.39 is 83.7 Å². The summed E-state index contributed by atoms with van der Waals surface area (Å²) in [6, 6.07) is 0.333. The van der Waals surface area contributed by atoms with Gasteiger partial charge in [-0.15, -0.1) is 0 Å². The molecule has 1 fully saturated rings. The van der Waals surface area contributed by atoms with Crippen LogP contribution in [0.15, 0.2) is 65.4 Å². The molecule has 3 aromatic rings. The van der Waals surface area contributed by atoms with E-state index in [0.717, 1.165) is 0 Å². The quantitative estimate of drug-likeness (QED) is 0.0173.